The molecule has 1 nitrogen and oxygen atoms in total. The number of rotatable bonds is 12. The predicted octanol–water partition coefficient (Wildman–Crippen LogP) is 8.76. The van der Waals surface area contributed by atoms with Gasteiger partial charge in [0.15, 0.2) is 0 Å². The molecule has 154 valence electrons. The van der Waals surface area contributed by atoms with Crippen LogP contribution in [0.3, 0.4) is 0 Å². The van der Waals surface area contributed by atoms with E-state index in [1.165, 1.54) is 57.1 Å². The molecule has 0 N–H and O–H groups in total. The molecule has 1 unspecified atom stereocenters. The number of hydrogen-bond donors (Lipinski definition) is 0. The van der Waals surface area contributed by atoms with Gasteiger partial charge in [-0.05, 0) is 0 Å². The van der Waals surface area contributed by atoms with Gasteiger partial charge < -0.3 is 0 Å². The zero-order valence-electron chi connectivity index (χ0n) is 19.3. The van der Waals surface area contributed by atoms with Gasteiger partial charge >= 0.3 is 171 Å². The number of allylic oxidation sites excluding steroid dienone is 2. The summed E-state index contributed by atoms with van der Waals surface area (Å²) >= 11 is -2.28. The van der Waals surface area contributed by atoms with Crippen molar-refractivity contribution >= 4 is 26.7 Å². The van der Waals surface area contributed by atoms with E-state index in [1.54, 1.807) is 13.3 Å². The third kappa shape index (κ3) is 7.52. The Morgan fingerprint density at radius 3 is 1.81 bits per heavy atom. The Labute approximate surface area is 170 Å². The van der Waals surface area contributed by atoms with Crippen LogP contribution in [0, 0.1) is 5.41 Å². The first kappa shape index (κ1) is 24.6. The van der Waals surface area contributed by atoms with Gasteiger partial charge in [0.25, 0.3) is 0 Å². The molecule has 0 amide bonds. The Bertz CT molecular complexity index is 414. The third-order valence-corrected chi connectivity index (χ3v) is 25.3. The zero-order valence-corrected chi connectivity index (χ0v) is 23.2. The summed E-state index contributed by atoms with van der Waals surface area (Å²) in [5, 5.41) is 0. The first-order valence-electron chi connectivity index (χ1n) is 11.5. The molecule has 26 heavy (non-hydrogen) atoms. The molecule has 1 aliphatic rings. The fourth-order valence-corrected chi connectivity index (χ4v) is 26.5. The Kier molecular flexibility index (Phi) is 10.3. The van der Waals surface area contributed by atoms with Crippen LogP contribution in [0.1, 0.15) is 86.0 Å². The molecule has 0 spiro atoms. The third-order valence-electron chi connectivity index (χ3n) is 6.39. The molecule has 0 aliphatic heterocycles. The average molecular weight is 487 g/mol. The standard InChI is InChI=1S/C11H21OSi.3C4H9.Sn/c1-11(2)8-6-10(7-9-11)12-13(3,4)5;3*1-3-4-2;/h6,8H,7,9H2,1-5H3;3*1,3-4H2,2H3;. The van der Waals surface area contributed by atoms with Crippen LogP contribution in [0.5, 0.6) is 0 Å². The Hall–Kier alpha value is 0.556. The van der Waals surface area contributed by atoms with Crippen molar-refractivity contribution in [2.45, 2.75) is 123 Å². The summed E-state index contributed by atoms with van der Waals surface area (Å²) < 4.78 is 12.2. The van der Waals surface area contributed by atoms with E-state index in [9.17, 15) is 0 Å². The van der Waals surface area contributed by atoms with Crippen LogP contribution < -0.4 is 0 Å². The van der Waals surface area contributed by atoms with E-state index in [2.05, 4.69) is 60.3 Å². The minimum atomic E-state index is -2.28. The molecule has 0 heterocycles. The van der Waals surface area contributed by atoms with E-state index >= 15 is 0 Å². The van der Waals surface area contributed by atoms with E-state index in [0.717, 1.165) is 3.93 Å². The summed E-state index contributed by atoms with van der Waals surface area (Å²) in [6.07, 6.45) is 13.7. The van der Waals surface area contributed by atoms with Crippen molar-refractivity contribution in [2.24, 2.45) is 5.41 Å². The number of hydrogen-bond acceptors (Lipinski definition) is 1. The second kappa shape index (κ2) is 10.9. The van der Waals surface area contributed by atoms with Crippen LogP contribution >= 0.6 is 0 Å². The zero-order chi connectivity index (χ0) is 19.8. The van der Waals surface area contributed by atoms with E-state index in [0.29, 0.717) is 5.41 Å². The first-order chi connectivity index (χ1) is 12.1. The van der Waals surface area contributed by atoms with Gasteiger partial charge in [0.1, 0.15) is 0 Å². The summed E-state index contributed by atoms with van der Waals surface area (Å²) in [6, 6.07) is 0. The second-order valence-corrected chi connectivity index (χ2v) is 28.7. The quantitative estimate of drug-likeness (QED) is 0.250. The van der Waals surface area contributed by atoms with Gasteiger partial charge in [0.2, 0.25) is 0 Å². The van der Waals surface area contributed by atoms with Crippen LogP contribution in [-0.4, -0.2) is 26.7 Å². The normalized spacial score (nSPS) is 20.8. The summed E-state index contributed by atoms with van der Waals surface area (Å²) in [7, 11) is -1.50. The van der Waals surface area contributed by atoms with Crippen molar-refractivity contribution in [2.75, 3.05) is 0 Å². The van der Waals surface area contributed by atoms with Gasteiger partial charge in [-0.1, -0.05) is 0 Å². The van der Waals surface area contributed by atoms with Crippen LogP contribution in [0.2, 0.25) is 36.9 Å². The fraction of sp³-hybridized carbons (Fsp3) is 0.913. The molecule has 1 aliphatic carbocycles. The van der Waals surface area contributed by atoms with E-state index in [-0.39, 0.29) is 0 Å². The topological polar surface area (TPSA) is 9.23 Å². The Morgan fingerprint density at radius 1 is 0.962 bits per heavy atom. The molecule has 1 atom stereocenters. The fourth-order valence-electron chi connectivity index (χ4n) is 5.01. The summed E-state index contributed by atoms with van der Waals surface area (Å²) in [6.45, 7) is 19.3. The van der Waals surface area contributed by atoms with Crippen molar-refractivity contribution in [3.8, 4) is 0 Å². The molecule has 0 aromatic rings. The minimum absolute atomic E-state index is 0.484. The van der Waals surface area contributed by atoms with Gasteiger partial charge in [-0.25, -0.2) is 0 Å². The molecule has 3 heteroatoms. The van der Waals surface area contributed by atoms with E-state index < -0.39 is 26.7 Å². The van der Waals surface area contributed by atoms with E-state index in [4.69, 9.17) is 4.43 Å². The molecular weight excluding hydrogens is 439 g/mol. The summed E-state index contributed by atoms with van der Waals surface area (Å²) in [5.74, 6) is 1.37. The van der Waals surface area contributed by atoms with Crippen molar-refractivity contribution in [3.05, 3.63) is 11.8 Å². The van der Waals surface area contributed by atoms with E-state index in [1.807, 2.05) is 0 Å². The molecule has 0 aromatic heterocycles. The molecular formula is C23H48OSiSn. The van der Waals surface area contributed by atoms with Gasteiger partial charge in [-0.15, -0.1) is 0 Å². The van der Waals surface area contributed by atoms with Crippen molar-refractivity contribution < 1.29 is 4.43 Å². The molecule has 0 aromatic carbocycles. The molecule has 1 rings (SSSR count). The molecule has 0 fully saturated rings. The first-order valence-corrected chi connectivity index (χ1v) is 22.6. The summed E-state index contributed by atoms with van der Waals surface area (Å²) in [5.41, 5.74) is 0.484. The maximum absolute atomic E-state index is 6.54. The second-order valence-electron chi connectivity index (χ2n) is 10.5. The summed E-state index contributed by atoms with van der Waals surface area (Å²) in [4.78, 5) is 0. The maximum atomic E-state index is 6.54. The van der Waals surface area contributed by atoms with Crippen molar-refractivity contribution in [3.63, 3.8) is 0 Å². The van der Waals surface area contributed by atoms with Crippen LogP contribution in [0.25, 0.3) is 0 Å². The molecule has 0 saturated heterocycles. The van der Waals surface area contributed by atoms with Gasteiger partial charge in [-0.3, -0.25) is 0 Å². The monoisotopic (exact) mass is 488 g/mol. The van der Waals surface area contributed by atoms with Crippen molar-refractivity contribution in [1.29, 1.82) is 0 Å². The molecule has 0 bridgehead atoms. The molecule has 0 radical (unpaired) electrons. The predicted molar refractivity (Wildman–Crippen MR) is 124 cm³/mol. The Morgan fingerprint density at radius 2 is 1.42 bits per heavy atom. The van der Waals surface area contributed by atoms with Crippen LogP contribution in [-0.2, 0) is 4.43 Å². The van der Waals surface area contributed by atoms with Crippen molar-refractivity contribution in [1.82, 2.24) is 0 Å². The SMILES string of the molecule is CCC[CH2][Sn]([CH2]CCC)([CH2]CCC)[CH]1C=C(O[Si](C)(C)C)CCC1(C)C. The number of unbranched alkanes of at least 4 members (excludes halogenated alkanes) is 3. The van der Waals surface area contributed by atoms with Gasteiger partial charge in [0.05, 0.1) is 0 Å². The molecule has 0 saturated carbocycles. The van der Waals surface area contributed by atoms with Gasteiger partial charge in [-0.2, -0.15) is 0 Å². The van der Waals surface area contributed by atoms with Crippen LogP contribution in [0.15, 0.2) is 11.8 Å². The average Bonchev–Trinajstić information content (AvgIpc) is 2.55. The van der Waals surface area contributed by atoms with Crippen LogP contribution in [0.4, 0.5) is 0 Å². The van der Waals surface area contributed by atoms with Gasteiger partial charge in [0, 0.05) is 0 Å². The Balaban J connectivity index is 3.27.